The number of carbonyl (C=O) groups excluding carboxylic acids is 3. The topological polar surface area (TPSA) is 78.9 Å². The quantitative estimate of drug-likeness (QED) is 0.0343. The van der Waals surface area contributed by atoms with Gasteiger partial charge in [-0.2, -0.15) is 0 Å². The highest BCUT2D eigenvalue weighted by atomic mass is 16.6. The third kappa shape index (κ3) is 55.3. The number of hydrogen-bond donors (Lipinski definition) is 0. The van der Waals surface area contributed by atoms with Crippen molar-refractivity contribution in [3.63, 3.8) is 0 Å². The van der Waals surface area contributed by atoms with Crippen molar-refractivity contribution < 1.29 is 28.6 Å². The number of carbonyl (C=O) groups is 3. The highest BCUT2D eigenvalue weighted by molar-refractivity contribution is 5.71. The Balaban J connectivity index is 4.27. The first-order valence-electron chi connectivity index (χ1n) is 30.7. The molecular weight excluding hydrogens is 841 g/mol. The molecule has 0 aromatic heterocycles. The van der Waals surface area contributed by atoms with Crippen LogP contribution >= 0.6 is 0 Å². The van der Waals surface area contributed by atoms with Gasteiger partial charge in [0.05, 0.1) is 0 Å². The molecule has 0 unspecified atom stereocenters. The fourth-order valence-electron chi connectivity index (χ4n) is 9.58. The zero-order valence-corrected chi connectivity index (χ0v) is 46.7. The fraction of sp³-hybridized carbons (Fsp3) is 0.952. The summed E-state index contributed by atoms with van der Waals surface area (Å²) < 4.78 is 16.9. The first-order chi connectivity index (χ1) is 33.2. The van der Waals surface area contributed by atoms with Gasteiger partial charge < -0.3 is 14.2 Å². The van der Waals surface area contributed by atoms with Gasteiger partial charge in [0.25, 0.3) is 0 Å². The van der Waals surface area contributed by atoms with Gasteiger partial charge in [0.15, 0.2) is 6.10 Å². The normalized spacial score (nSPS) is 12.0. The van der Waals surface area contributed by atoms with Crippen LogP contribution in [-0.2, 0) is 28.6 Å². The molecule has 0 aromatic rings. The average Bonchev–Trinajstić information content (AvgIpc) is 3.31. The Hall–Kier alpha value is -1.59. The van der Waals surface area contributed by atoms with Crippen LogP contribution in [0.3, 0.4) is 0 Å². The van der Waals surface area contributed by atoms with Crippen molar-refractivity contribution in [3.8, 4) is 0 Å². The predicted molar refractivity (Wildman–Crippen MR) is 293 cm³/mol. The van der Waals surface area contributed by atoms with E-state index in [4.69, 9.17) is 14.2 Å². The molecule has 0 fully saturated rings. The molecule has 0 rings (SSSR count). The molecule has 6 nitrogen and oxygen atoms in total. The zero-order chi connectivity index (χ0) is 49.6. The van der Waals surface area contributed by atoms with E-state index in [1.54, 1.807) is 0 Å². The molecule has 0 bridgehead atoms. The van der Waals surface area contributed by atoms with Crippen LogP contribution in [-0.4, -0.2) is 37.2 Å². The van der Waals surface area contributed by atoms with Crippen molar-refractivity contribution in [2.24, 2.45) is 11.8 Å². The summed E-state index contributed by atoms with van der Waals surface area (Å²) in [6.07, 6.45) is 59.5. The van der Waals surface area contributed by atoms with E-state index in [9.17, 15) is 14.4 Å². The molecule has 0 aliphatic carbocycles. The molecule has 0 saturated heterocycles. The van der Waals surface area contributed by atoms with Gasteiger partial charge in [-0.05, 0) is 31.1 Å². The Morgan fingerprint density at radius 2 is 0.485 bits per heavy atom. The Bertz CT molecular complexity index is 1040. The second-order valence-corrected chi connectivity index (χ2v) is 22.3. The summed E-state index contributed by atoms with van der Waals surface area (Å²) in [5.74, 6) is 0.864. The zero-order valence-electron chi connectivity index (χ0n) is 46.7. The van der Waals surface area contributed by atoms with Crippen LogP contribution in [0.1, 0.15) is 349 Å². The standard InChI is InChI=1S/C62H120O6/c1-6-7-8-9-10-11-12-13-22-29-34-39-44-49-54-62(65)68-59(56-67-61(64)53-48-43-38-33-28-24-19-18-21-26-31-36-41-46-51-58(4)5)55-66-60(63)52-47-42-37-32-27-23-17-15-14-16-20-25-30-35-40-45-50-57(2)3/h57-59H,6-56H2,1-5H3/t59-/m0/s1. The van der Waals surface area contributed by atoms with E-state index >= 15 is 0 Å². The third-order valence-corrected chi connectivity index (χ3v) is 14.2. The van der Waals surface area contributed by atoms with E-state index in [2.05, 4.69) is 34.6 Å². The van der Waals surface area contributed by atoms with Gasteiger partial charge in [-0.25, -0.2) is 0 Å². The second kappa shape index (κ2) is 54.7. The van der Waals surface area contributed by atoms with Crippen molar-refractivity contribution in [1.82, 2.24) is 0 Å². The van der Waals surface area contributed by atoms with Gasteiger partial charge in [-0.3, -0.25) is 14.4 Å². The van der Waals surface area contributed by atoms with Crippen LogP contribution in [0.4, 0.5) is 0 Å². The molecule has 0 aliphatic rings. The summed E-state index contributed by atoms with van der Waals surface area (Å²) in [7, 11) is 0. The van der Waals surface area contributed by atoms with Crippen molar-refractivity contribution in [2.75, 3.05) is 13.2 Å². The number of rotatable bonds is 56. The summed E-state index contributed by atoms with van der Waals surface area (Å²) in [6, 6.07) is 0. The first-order valence-corrected chi connectivity index (χ1v) is 30.7. The van der Waals surface area contributed by atoms with E-state index < -0.39 is 6.10 Å². The summed E-state index contributed by atoms with van der Waals surface area (Å²) >= 11 is 0. The number of esters is 3. The van der Waals surface area contributed by atoms with Crippen LogP contribution in [0.15, 0.2) is 0 Å². The maximum Gasteiger partial charge on any atom is 0.306 e. The van der Waals surface area contributed by atoms with Crippen molar-refractivity contribution in [2.45, 2.75) is 355 Å². The van der Waals surface area contributed by atoms with Crippen LogP contribution in [0.25, 0.3) is 0 Å². The van der Waals surface area contributed by atoms with Crippen molar-refractivity contribution >= 4 is 17.9 Å². The highest BCUT2D eigenvalue weighted by Gasteiger charge is 2.19. The molecule has 0 aliphatic heterocycles. The fourth-order valence-corrected chi connectivity index (χ4v) is 9.58. The van der Waals surface area contributed by atoms with E-state index in [-0.39, 0.29) is 31.1 Å². The Morgan fingerprint density at radius 1 is 0.279 bits per heavy atom. The summed E-state index contributed by atoms with van der Waals surface area (Å²) in [6.45, 7) is 11.4. The summed E-state index contributed by atoms with van der Waals surface area (Å²) in [5, 5.41) is 0. The smallest absolute Gasteiger partial charge is 0.306 e. The van der Waals surface area contributed by atoms with Crippen LogP contribution < -0.4 is 0 Å². The minimum absolute atomic E-state index is 0.0620. The molecule has 0 N–H and O–H groups in total. The largest absolute Gasteiger partial charge is 0.462 e. The minimum Gasteiger partial charge on any atom is -0.462 e. The lowest BCUT2D eigenvalue weighted by atomic mass is 10.0. The van der Waals surface area contributed by atoms with Crippen molar-refractivity contribution in [3.05, 3.63) is 0 Å². The molecule has 6 heteroatoms. The molecule has 0 heterocycles. The molecular formula is C62H120O6. The number of ether oxygens (including phenoxy) is 3. The van der Waals surface area contributed by atoms with Crippen LogP contribution in [0, 0.1) is 11.8 Å². The van der Waals surface area contributed by atoms with E-state index in [1.807, 2.05) is 0 Å². The summed E-state index contributed by atoms with van der Waals surface area (Å²) in [4.78, 5) is 38.2. The maximum atomic E-state index is 12.9. The van der Waals surface area contributed by atoms with E-state index in [1.165, 1.54) is 238 Å². The predicted octanol–water partition coefficient (Wildman–Crippen LogP) is 20.4. The van der Waals surface area contributed by atoms with Crippen molar-refractivity contribution in [1.29, 1.82) is 0 Å². The van der Waals surface area contributed by atoms with Gasteiger partial charge in [0, 0.05) is 19.3 Å². The first kappa shape index (κ1) is 66.4. The monoisotopic (exact) mass is 961 g/mol. The second-order valence-electron chi connectivity index (χ2n) is 22.3. The molecule has 68 heavy (non-hydrogen) atoms. The van der Waals surface area contributed by atoms with E-state index in [0.717, 1.165) is 69.6 Å². The van der Waals surface area contributed by atoms with Gasteiger partial charge in [-0.1, -0.05) is 311 Å². The Labute approximate surface area is 425 Å². The Kier molecular flexibility index (Phi) is 53.5. The van der Waals surface area contributed by atoms with Gasteiger partial charge >= 0.3 is 17.9 Å². The lowest BCUT2D eigenvalue weighted by Gasteiger charge is -2.18. The molecule has 1 atom stereocenters. The third-order valence-electron chi connectivity index (χ3n) is 14.2. The maximum absolute atomic E-state index is 12.9. The highest BCUT2D eigenvalue weighted by Crippen LogP contribution is 2.19. The Morgan fingerprint density at radius 3 is 0.721 bits per heavy atom. The molecule has 0 radical (unpaired) electrons. The number of hydrogen-bond acceptors (Lipinski definition) is 6. The van der Waals surface area contributed by atoms with Gasteiger partial charge in [0.1, 0.15) is 13.2 Å². The average molecular weight is 962 g/mol. The van der Waals surface area contributed by atoms with Gasteiger partial charge in [-0.15, -0.1) is 0 Å². The molecule has 0 saturated carbocycles. The lowest BCUT2D eigenvalue weighted by Crippen LogP contribution is -2.30. The van der Waals surface area contributed by atoms with Crippen LogP contribution in [0.2, 0.25) is 0 Å². The van der Waals surface area contributed by atoms with Gasteiger partial charge in [0.2, 0.25) is 0 Å². The molecule has 0 spiro atoms. The van der Waals surface area contributed by atoms with E-state index in [0.29, 0.717) is 19.3 Å². The lowest BCUT2D eigenvalue weighted by molar-refractivity contribution is -0.167. The summed E-state index contributed by atoms with van der Waals surface area (Å²) in [5.41, 5.74) is 0. The molecule has 404 valence electrons. The SMILES string of the molecule is CCCCCCCCCCCCCCCCC(=O)O[C@@H](COC(=O)CCCCCCCCCCCCCCCCCCC(C)C)COC(=O)CCCCCCCCCCCCCCCCC(C)C. The van der Waals surface area contributed by atoms with Crippen LogP contribution in [0.5, 0.6) is 0 Å². The number of unbranched alkanes of at least 4 members (excludes halogenated alkanes) is 41. The minimum atomic E-state index is -0.763. The molecule has 0 aromatic carbocycles. The molecule has 0 amide bonds.